The molecule has 3 aromatic carbocycles. The van der Waals surface area contributed by atoms with Crippen molar-refractivity contribution in [1.82, 2.24) is 10.2 Å². The summed E-state index contributed by atoms with van der Waals surface area (Å²) in [5.74, 6) is -1.27. The molecular formula is C32H34N2O6. The van der Waals surface area contributed by atoms with Crippen molar-refractivity contribution in [3.63, 3.8) is 0 Å². The summed E-state index contributed by atoms with van der Waals surface area (Å²) < 4.78 is 11.2. The number of likely N-dealkylation sites (tertiary alicyclic amines) is 1. The number of esters is 1. The maximum Gasteiger partial charge on any atom is 0.407 e. The van der Waals surface area contributed by atoms with Gasteiger partial charge in [-0.1, -0.05) is 78.9 Å². The third-order valence-corrected chi connectivity index (χ3v) is 7.26. The van der Waals surface area contributed by atoms with Gasteiger partial charge >= 0.3 is 12.1 Å². The van der Waals surface area contributed by atoms with Crippen LogP contribution in [0.1, 0.15) is 43.4 Å². The number of aliphatic hydroxyl groups is 1. The van der Waals surface area contributed by atoms with E-state index >= 15 is 0 Å². The molecule has 8 heteroatoms. The number of amides is 2. The highest BCUT2D eigenvalue weighted by Crippen LogP contribution is 2.44. The Morgan fingerprint density at radius 3 is 2.12 bits per heavy atom. The molecule has 3 aromatic rings. The SMILES string of the molecule is CC(C)(C)OC(=O)[C@H](Cc1ccccc1)N1CC(O)[C@H](NC(=O)OCC2c3ccccc3-c3ccccc32)C1=O. The Kier molecular flexibility index (Phi) is 7.63. The predicted octanol–water partition coefficient (Wildman–Crippen LogP) is 4.05. The number of benzene rings is 3. The second kappa shape index (κ2) is 11.1. The lowest BCUT2D eigenvalue weighted by Crippen LogP contribution is -2.50. The van der Waals surface area contributed by atoms with Gasteiger partial charge in [0.05, 0.1) is 6.54 Å². The fourth-order valence-corrected chi connectivity index (χ4v) is 5.47. The number of carbonyl (C=O) groups is 3. The first kappa shape index (κ1) is 27.4. The maximum atomic E-state index is 13.4. The van der Waals surface area contributed by atoms with E-state index in [1.807, 2.05) is 78.9 Å². The van der Waals surface area contributed by atoms with E-state index in [0.29, 0.717) is 0 Å². The summed E-state index contributed by atoms with van der Waals surface area (Å²) in [6.07, 6.45) is -1.81. The molecule has 1 fully saturated rings. The third kappa shape index (κ3) is 5.72. The van der Waals surface area contributed by atoms with Crippen LogP contribution in [0.2, 0.25) is 0 Å². The highest BCUT2D eigenvalue weighted by atomic mass is 16.6. The van der Waals surface area contributed by atoms with Crippen LogP contribution in [0.25, 0.3) is 11.1 Å². The van der Waals surface area contributed by atoms with Gasteiger partial charge in [-0.2, -0.15) is 0 Å². The lowest BCUT2D eigenvalue weighted by molar-refractivity contribution is -0.163. The van der Waals surface area contributed by atoms with E-state index in [1.165, 1.54) is 4.90 Å². The Morgan fingerprint density at radius 1 is 0.950 bits per heavy atom. The predicted molar refractivity (Wildman–Crippen MR) is 149 cm³/mol. The van der Waals surface area contributed by atoms with Gasteiger partial charge in [0, 0.05) is 12.3 Å². The Bertz CT molecular complexity index is 1350. The Hall–Kier alpha value is -4.17. The zero-order valence-electron chi connectivity index (χ0n) is 22.9. The monoisotopic (exact) mass is 542 g/mol. The Balaban J connectivity index is 1.27. The minimum Gasteiger partial charge on any atom is -0.458 e. The molecule has 1 aliphatic heterocycles. The zero-order valence-corrected chi connectivity index (χ0v) is 22.9. The molecule has 2 N–H and O–H groups in total. The van der Waals surface area contributed by atoms with Gasteiger partial charge in [-0.05, 0) is 48.6 Å². The number of alkyl carbamates (subject to hydrolysis) is 1. The van der Waals surface area contributed by atoms with Gasteiger partial charge in [0.1, 0.15) is 30.4 Å². The number of hydrogen-bond donors (Lipinski definition) is 2. The molecular weight excluding hydrogens is 508 g/mol. The quantitative estimate of drug-likeness (QED) is 0.437. The third-order valence-electron chi connectivity index (χ3n) is 7.26. The molecule has 1 unspecified atom stereocenters. The largest absolute Gasteiger partial charge is 0.458 e. The normalized spacial score (nSPS) is 19.1. The van der Waals surface area contributed by atoms with E-state index in [9.17, 15) is 19.5 Å². The van der Waals surface area contributed by atoms with E-state index in [4.69, 9.17) is 9.47 Å². The van der Waals surface area contributed by atoms with Crippen molar-refractivity contribution in [2.75, 3.05) is 13.2 Å². The molecule has 1 heterocycles. The molecule has 8 nitrogen and oxygen atoms in total. The maximum absolute atomic E-state index is 13.4. The van der Waals surface area contributed by atoms with Crippen molar-refractivity contribution >= 4 is 18.0 Å². The molecule has 0 aromatic heterocycles. The fraction of sp³-hybridized carbons (Fsp3) is 0.344. The number of carbonyl (C=O) groups excluding carboxylic acids is 3. The van der Waals surface area contributed by atoms with Crippen LogP contribution in [0, 0.1) is 0 Å². The van der Waals surface area contributed by atoms with Crippen molar-refractivity contribution in [2.45, 2.75) is 56.9 Å². The lowest BCUT2D eigenvalue weighted by Gasteiger charge is -2.30. The van der Waals surface area contributed by atoms with Gasteiger partial charge in [-0.3, -0.25) is 4.79 Å². The summed E-state index contributed by atoms with van der Waals surface area (Å²) in [4.78, 5) is 40.7. The van der Waals surface area contributed by atoms with Crippen LogP contribution in [-0.4, -0.2) is 64.9 Å². The van der Waals surface area contributed by atoms with Crippen LogP contribution in [0.4, 0.5) is 4.79 Å². The summed E-state index contributed by atoms with van der Waals surface area (Å²) >= 11 is 0. The number of hydrogen-bond acceptors (Lipinski definition) is 6. The minimum absolute atomic E-state index is 0.0785. The highest BCUT2D eigenvalue weighted by Gasteiger charge is 2.46. The van der Waals surface area contributed by atoms with Gasteiger partial charge in [-0.15, -0.1) is 0 Å². The van der Waals surface area contributed by atoms with Crippen molar-refractivity contribution in [3.8, 4) is 11.1 Å². The van der Waals surface area contributed by atoms with Crippen LogP contribution in [0.5, 0.6) is 0 Å². The van der Waals surface area contributed by atoms with Crippen LogP contribution >= 0.6 is 0 Å². The number of ether oxygens (including phenoxy) is 2. The van der Waals surface area contributed by atoms with Crippen molar-refractivity contribution < 1.29 is 29.0 Å². The molecule has 2 amide bonds. The standard InChI is InChI=1S/C32H34N2O6/c1-32(2,3)40-30(37)26(17-20-11-5-4-6-12-20)34-18-27(35)28(29(34)36)33-31(38)39-19-25-23-15-9-7-13-21(23)22-14-8-10-16-24(22)25/h4-16,25-28,35H,17-19H2,1-3H3,(H,33,38)/t26-,27?,28-/m0/s1. The summed E-state index contributed by atoms with van der Waals surface area (Å²) in [5, 5.41) is 13.3. The molecule has 1 aliphatic carbocycles. The van der Waals surface area contributed by atoms with E-state index < -0.39 is 41.8 Å². The van der Waals surface area contributed by atoms with E-state index in [0.717, 1.165) is 27.8 Å². The van der Waals surface area contributed by atoms with Gasteiger partial charge in [0.25, 0.3) is 0 Å². The average molecular weight is 543 g/mol. The van der Waals surface area contributed by atoms with E-state index in [2.05, 4.69) is 5.32 Å². The fourth-order valence-electron chi connectivity index (χ4n) is 5.47. The molecule has 1 saturated heterocycles. The van der Waals surface area contributed by atoms with Crippen LogP contribution in [0.15, 0.2) is 78.9 Å². The molecule has 2 aliphatic rings. The molecule has 40 heavy (non-hydrogen) atoms. The summed E-state index contributed by atoms with van der Waals surface area (Å²) in [7, 11) is 0. The molecule has 0 radical (unpaired) electrons. The van der Waals surface area contributed by atoms with E-state index in [1.54, 1.807) is 20.8 Å². The number of nitrogens with one attached hydrogen (secondary N) is 1. The number of aliphatic hydroxyl groups excluding tert-OH is 1. The van der Waals surface area contributed by atoms with E-state index in [-0.39, 0.29) is 25.5 Å². The molecule has 0 saturated carbocycles. The summed E-state index contributed by atoms with van der Waals surface area (Å²) in [5.41, 5.74) is 4.44. The van der Waals surface area contributed by atoms with Crippen LogP contribution < -0.4 is 5.32 Å². The number of fused-ring (bicyclic) bond motifs is 3. The van der Waals surface area contributed by atoms with Crippen molar-refractivity contribution in [3.05, 3.63) is 95.6 Å². The van der Waals surface area contributed by atoms with Gasteiger partial charge in [-0.25, -0.2) is 9.59 Å². The molecule has 208 valence electrons. The smallest absolute Gasteiger partial charge is 0.407 e. The Labute approximate surface area is 233 Å². The number of nitrogens with zero attached hydrogens (tertiary/aromatic N) is 1. The minimum atomic E-state index is -1.24. The van der Waals surface area contributed by atoms with Gasteiger partial charge in [0.15, 0.2) is 0 Å². The second-order valence-electron chi connectivity index (χ2n) is 11.2. The number of β-amino-alcohol motifs (C(OH)–C–C–N with tert-alkyl or cyclic N) is 1. The first-order valence-electron chi connectivity index (χ1n) is 13.5. The van der Waals surface area contributed by atoms with Gasteiger partial charge < -0.3 is 24.8 Å². The average Bonchev–Trinajstić information content (AvgIpc) is 3.39. The zero-order chi connectivity index (χ0) is 28.4. The van der Waals surface area contributed by atoms with Crippen LogP contribution in [-0.2, 0) is 25.5 Å². The lowest BCUT2D eigenvalue weighted by atomic mass is 9.98. The van der Waals surface area contributed by atoms with Crippen LogP contribution in [0.3, 0.4) is 0 Å². The molecule has 3 atom stereocenters. The van der Waals surface area contributed by atoms with Crippen molar-refractivity contribution in [2.24, 2.45) is 0 Å². The summed E-state index contributed by atoms with van der Waals surface area (Å²) in [6.45, 7) is 5.23. The number of rotatable bonds is 7. The first-order valence-corrected chi connectivity index (χ1v) is 13.5. The summed E-state index contributed by atoms with van der Waals surface area (Å²) in [6, 6.07) is 23.1. The first-order chi connectivity index (χ1) is 19.1. The Morgan fingerprint density at radius 2 is 1.52 bits per heavy atom. The molecule has 5 rings (SSSR count). The van der Waals surface area contributed by atoms with Crippen molar-refractivity contribution in [1.29, 1.82) is 0 Å². The molecule has 0 spiro atoms. The topological polar surface area (TPSA) is 105 Å². The van der Waals surface area contributed by atoms with Gasteiger partial charge in [0.2, 0.25) is 5.91 Å². The molecule has 0 bridgehead atoms. The highest BCUT2D eigenvalue weighted by molar-refractivity contribution is 5.92. The second-order valence-corrected chi connectivity index (χ2v) is 11.2.